The zero-order valence-corrected chi connectivity index (χ0v) is 9.49. The molecule has 0 spiro atoms. The molecule has 3 nitrogen and oxygen atoms in total. The summed E-state index contributed by atoms with van der Waals surface area (Å²) in [4.78, 5) is 11.1. The van der Waals surface area contributed by atoms with Gasteiger partial charge in [0.1, 0.15) is 6.42 Å². The predicted molar refractivity (Wildman–Crippen MR) is 63.9 cm³/mol. The SMILES string of the molecule is CCCCc1ccc(NC(=O)CC#N)cc1. The van der Waals surface area contributed by atoms with E-state index in [9.17, 15) is 4.79 Å². The Morgan fingerprint density at radius 1 is 1.38 bits per heavy atom. The van der Waals surface area contributed by atoms with Gasteiger partial charge in [0.15, 0.2) is 0 Å². The van der Waals surface area contributed by atoms with E-state index >= 15 is 0 Å². The van der Waals surface area contributed by atoms with Crippen LogP contribution < -0.4 is 5.32 Å². The largest absolute Gasteiger partial charge is 0.325 e. The van der Waals surface area contributed by atoms with E-state index in [1.54, 1.807) is 0 Å². The van der Waals surface area contributed by atoms with Crippen molar-refractivity contribution >= 4 is 11.6 Å². The Morgan fingerprint density at radius 3 is 2.62 bits per heavy atom. The van der Waals surface area contributed by atoms with Crippen molar-refractivity contribution < 1.29 is 4.79 Å². The van der Waals surface area contributed by atoms with Crippen molar-refractivity contribution in [3.05, 3.63) is 29.8 Å². The summed E-state index contributed by atoms with van der Waals surface area (Å²) >= 11 is 0. The molecular weight excluding hydrogens is 200 g/mol. The highest BCUT2D eigenvalue weighted by atomic mass is 16.1. The Hall–Kier alpha value is -1.82. The molecule has 0 saturated carbocycles. The number of amides is 1. The van der Waals surface area contributed by atoms with E-state index in [0.717, 1.165) is 12.1 Å². The van der Waals surface area contributed by atoms with E-state index in [-0.39, 0.29) is 12.3 Å². The Balaban J connectivity index is 2.51. The molecule has 0 bridgehead atoms. The second-order valence-corrected chi connectivity index (χ2v) is 3.68. The number of carbonyl (C=O) groups is 1. The Labute approximate surface area is 96.1 Å². The minimum Gasteiger partial charge on any atom is -0.325 e. The van der Waals surface area contributed by atoms with Gasteiger partial charge in [0.2, 0.25) is 5.91 Å². The van der Waals surface area contributed by atoms with Crippen LogP contribution in [0.3, 0.4) is 0 Å². The molecule has 0 aromatic heterocycles. The van der Waals surface area contributed by atoms with Crippen molar-refractivity contribution in [3.8, 4) is 6.07 Å². The minimum atomic E-state index is -0.260. The molecule has 16 heavy (non-hydrogen) atoms. The number of aryl methyl sites for hydroxylation is 1. The van der Waals surface area contributed by atoms with Gasteiger partial charge in [-0.25, -0.2) is 0 Å². The van der Waals surface area contributed by atoms with Crippen LogP contribution in [0.2, 0.25) is 0 Å². The van der Waals surface area contributed by atoms with Gasteiger partial charge in [-0.05, 0) is 30.5 Å². The monoisotopic (exact) mass is 216 g/mol. The fourth-order valence-corrected chi connectivity index (χ4v) is 1.41. The van der Waals surface area contributed by atoms with Crippen molar-refractivity contribution in [3.63, 3.8) is 0 Å². The summed E-state index contributed by atoms with van der Waals surface area (Å²) < 4.78 is 0. The van der Waals surface area contributed by atoms with Crippen molar-refractivity contribution in [2.75, 3.05) is 5.32 Å². The molecule has 0 unspecified atom stereocenters. The lowest BCUT2D eigenvalue weighted by molar-refractivity contribution is -0.115. The molecule has 1 N–H and O–H groups in total. The zero-order chi connectivity index (χ0) is 11.8. The average Bonchev–Trinajstić information content (AvgIpc) is 2.28. The van der Waals surface area contributed by atoms with E-state index in [1.807, 2.05) is 30.3 Å². The third-order valence-corrected chi connectivity index (χ3v) is 2.30. The highest BCUT2D eigenvalue weighted by Crippen LogP contribution is 2.11. The highest BCUT2D eigenvalue weighted by Gasteiger charge is 2.00. The highest BCUT2D eigenvalue weighted by molar-refractivity contribution is 5.91. The van der Waals surface area contributed by atoms with Crippen LogP contribution in [0, 0.1) is 11.3 Å². The molecule has 3 heteroatoms. The Kier molecular flexibility index (Phi) is 5.07. The van der Waals surface area contributed by atoms with Crippen LogP contribution in [-0.4, -0.2) is 5.91 Å². The lowest BCUT2D eigenvalue weighted by Gasteiger charge is -2.04. The summed E-state index contributed by atoms with van der Waals surface area (Å²) in [6.07, 6.45) is 3.33. The number of nitriles is 1. The first-order valence-electron chi connectivity index (χ1n) is 5.52. The normalized spacial score (nSPS) is 9.50. The maximum absolute atomic E-state index is 11.1. The summed E-state index contributed by atoms with van der Waals surface area (Å²) in [6, 6.07) is 9.59. The fourth-order valence-electron chi connectivity index (χ4n) is 1.41. The number of nitrogens with one attached hydrogen (secondary N) is 1. The fraction of sp³-hybridized carbons (Fsp3) is 0.385. The molecule has 1 amide bonds. The first kappa shape index (κ1) is 12.3. The molecule has 0 aliphatic carbocycles. The number of benzene rings is 1. The summed E-state index contributed by atoms with van der Waals surface area (Å²) in [6.45, 7) is 2.16. The molecule has 84 valence electrons. The van der Waals surface area contributed by atoms with Crippen LogP contribution in [0.4, 0.5) is 5.69 Å². The Bertz CT molecular complexity index is 376. The molecule has 0 saturated heterocycles. The van der Waals surface area contributed by atoms with Gasteiger partial charge >= 0.3 is 0 Å². The summed E-state index contributed by atoms with van der Waals surface area (Å²) in [7, 11) is 0. The number of nitrogens with zero attached hydrogens (tertiary/aromatic N) is 1. The van der Waals surface area contributed by atoms with E-state index in [1.165, 1.54) is 18.4 Å². The van der Waals surface area contributed by atoms with E-state index in [4.69, 9.17) is 5.26 Å². The second-order valence-electron chi connectivity index (χ2n) is 3.68. The molecule has 0 radical (unpaired) electrons. The third kappa shape index (κ3) is 4.14. The lowest BCUT2D eigenvalue weighted by Crippen LogP contribution is -2.09. The smallest absolute Gasteiger partial charge is 0.238 e. The molecule has 0 aliphatic heterocycles. The molecule has 1 aromatic rings. The van der Waals surface area contributed by atoms with Gasteiger partial charge < -0.3 is 5.32 Å². The van der Waals surface area contributed by atoms with Crippen LogP contribution in [-0.2, 0) is 11.2 Å². The van der Waals surface area contributed by atoms with Crippen LogP contribution in [0.15, 0.2) is 24.3 Å². The van der Waals surface area contributed by atoms with Gasteiger partial charge in [-0.1, -0.05) is 25.5 Å². The maximum atomic E-state index is 11.1. The number of rotatable bonds is 5. The first-order valence-corrected chi connectivity index (χ1v) is 5.52. The zero-order valence-electron chi connectivity index (χ0n) is 9.49. The van der Waals surface area contributed by atoms with Crippen LogP contribution in [0.5, 0.6) is 0 Å². The Morgan fingerprint density at radius 2 is 2.06 bits per heavy atom. The van der Waals surface area contributed by atoms with Gasteiger partial charge in [-0.3, -0.25) is 4.79 Å². The second kappa shape index (κ2) is 6.62. The van der Waals surface area contributed by atoms with Gasteiger partial charge in [-0.2, -0.15) is 5.26 Å². The van der Waals surface area contributed by atoms with E-state index in [0.29, 0.717) is 0 Å². The van der Waals surface area contributed by atoms with E-state index < -0.39 is 0 Å². The standard InChI is InChI=1S/C13H16N2O/c1-2-3-4-11-5-7-12(8-6-11)15-13(16)9-10-14/h5-8H,2-4,9H2,1H3,(H,15,16). The van der Waals surface area contributed by atoms with Gasteiger partial charge in [0.05, 0.1) is 6.07 Å². The summed E-state index contributed by atoms with van der Waals surface area (Å²) in [5, 5.41) is 11.0. The lowest BCUT2D eigenvalue weighted by atomic mass is 10.1. The quantitative estimate of drug-likeness (QED) is 0.822. The predicted octanol–water partition coefficient (Wildman–Crippen LogP) is 2.88. The van der Waals surface area contributed by atoms with Crippen LogP contribution in [0.25, 0.3) is 0 Å². The molecule has 1 aromatic carbocycles. The molecule has 0 aliphatic rings. The summed E-state index contributed by atoms with van der Waals surface area (Å²) in [5.41, 5.74) is 2.03. The summed E-state index contributed by atoms with van der Waals surface area (Å²) in [5.74, 6) is -0.260. The topological polar surface area (TPSA) is 52.9 Å². The van der Waals surface area contributed by atoms with Crippen molar-refractivity contribution in [2.24, 2.45) is 0 Å². The number of unbranched alkanes of at least 4 members (excludes halogenated alkanes) is 1. The minimum absolute atomic E-state index is 0.0996. The van der Waals surface area contributed by atoms with Crippen molar-refractivity contribution in [2.45, 2.75) is 32.6 Å². The number of hydrogen-bond acceptors (Lipinski definition) is 2. The number of carbonyl (C=O) groups excluding carboxylic acids is 1. The number of anilines is 1. The molecular formula is C13H16N2O. The van der Waals surface area contributed by atoms with Crippen LogP contribution >= 0.6 is 0 Å². The third-order valence-electron chi connectivity index (χ3n) is 2.30. The van der Waals surface area contributed by atoms with Crippen molar-refractivity contribution in [1.82, 2.24) is 0 Å². The molecule has 0 atom stereocenters. The van der Waals surface area contributed by atoms with Gasteiger partial charge in [-0.15, -0.1) is 0 Å². The first-order chi connectivity index (χ1) is 7.76. The average molecular weight is 216 g/mol. The molecule has 0 heterocycles. The molecule has 0 fully saturated rings. The molecule has 1 rings (SSSR count). The van der Waals surface area contributed by atoms with Crippen molar-refractivity contribution in [1.29, 1.82) is 5.26 Å². The maximum Gasteiger partial charge on any atom is 0.238 e. The van der Waals surface area contributed by atoms with Gasteiger partial charge in [0, 0.05) is 5.69 Å². The van der Waals surface area contributed by atoms with Gasteiger partial charge in [0.25, 0.3) is 0 Å². The number of hydrogen-bond donors (Lipinski definition) is 1. The van der Waals surface area contributed by atoms with Crippen LogP contribution in [0.1, 0.15) is 31.7 Å². The van der Waals surface area contributed by atoms with E-state index in [2.05, 4.69) is 12.2 Å².